The molecule has 0 bridgehead atoms. The number of furan rings is 1. The van der Waals surface area contributed by atoms with Gasteiger partial charge in [0.05, 0.1) is 17.5 Å². The number of benzene rings is 3. The van der Waals surface area contributed by atoms with Crippen LogP contribution in [0, 0.1) is 11.6 Å². The average molecular weight is 649 g/mol. The first-order valence-electron chi connectivity index (χ1n) is 14.5. The van der Waals surface area contributed by atoms with E-state index in [4.69, 9.17) is 8.83 Å². The number of halogens is 2. The number of nitrogens with zero attached hydrogens (tertiary/aromatic N) is 3. The second-order valence-corrected chi connectivity index (χ2v) is 13.2. The smallest absolute Gasteiger partial charge is 0.275 e. The van der Waals surface area contributed by atoms with Crippen molar-refractivity contribution in [1.82, 2.24) is 15.2 Å². The van der Waals surface area contributed by atoms with Crippen molar-refractivity contribution in [3.05, 3.63) is 95.4 Å². The molecule has 13 heteroatoms. The summed E-state index contributed by atoms with van der Waals surface area (Å²) in [6.07, 6.45) is 3.60. The van der Waals surface area contributed by atoms with E-state index in [2.05, 4.69) is 10.3 Å². The minimum atomic E-state index is -3.72. The summed E-state index contributed by atoms with van der Waals surface area (Å²) < 4.78 is 65.4. The van der Waals surface area contributed by atoms with E-state index in [0.717, 1.165) is 10.6 Å². The average Bonchev–Trinajstić information content (AvgIpc) is 3.69. The molecule has 5 aromatic rings. The maximum absolute atomic E-state index is 13.7. The molecule has 2 amide bonds. The van der Waals surface area contributed by atoms with E-state index < -0.39 is 27.6 Å². The number of aromatic nitrogens is 1. The lowest BCUT2D eigenvalue weighted by molar-refractivity contribution is 0.0701. The van der Waals surface area contributed by atoms with Crippen LogP contribution in [0.5, 0.6) is 0 Å². The van der Waals surface area contributed by atoms with Crippen LogP contribution in [0.3, 0.4) is 0 Å². The zero-order valence-electron chi connectivity index (χ0n) is 25.2. The van der Waals surface area contributed by atoms with Gasteiger partial charge in [-0.1, -0.05) is 0 Å². The van der Waals surface area contributed by atoms with Gasteiger partial charge in [0, 0.05) is 55.7 Å². The van der Waals surface area contributed by atoms with Gasteiger partial charge in [0.25, 0.3) is 11.8 Å². The number of amides is 2. The topological polar surface area (TPSA) is 126 Å². The molecule has 1 N–H and O–H groups in total. The quantitative estimate of drug-likeness (QED) is 0.236. The Balaban J connectivity index is 1.41. The Kier molecular flexibility index (Phi) is 8.11. The summed E-state index contributed by atoms with van der Waals surface area (Å²) in [6, 6.07) is 14.4. The standard InChI is InChI=1S/C33H30F2N4O6S/c1-36-31(40)29-25-15-24(27(38(2)46(3,42)43)16-28(25)45-30(29)19-6-10-22(34)11-7-19)21-5-4-14-39(17-21)33(41)26-18-44-32(37-26)20-8-12-23(35)13-9-20/h6-13,15-16,18,21H,4-5,14,17H2,1-3H3,(H,36,40). The van der Waals surface area contributed by atoms with Crippen molar-refractivity contribution in [1.29, 1.82) is 0 Å². The van der Waals surface area contributed by atoms with Gasteiger partial charge in [-0.05, 0) is 73.0 Å². The number of oxazole rings is 1. The number of nitrogens with one attached hydrogen (secondary N) is 1. The molecular weight excluding hydrogens is 618 g/mol. The van der Waals surface area contributed by atoms with Crippen LogP contribution < -0.4 is 9.62 Å². The Morgan fingerprint density at radius 1 is 1.02 bits per heavy atom. The van der Waals surface area contributed by atoms with Gasteiger partial charge in [-0.2, -0.15) is 0 Å². The van der Waals surface area contributed by atoms with Crippen LogP contribution in [0.1, 0.15) is 45.2 Å². The third-order valence-electron chi connectivity index (χ3n) is 8.20. The predicted octanol–water partition coefficient (Wildman–Crippen LogP) is 5.81. The Bertz CT molecular complexity index is 2060. The molecule has 1 atom stereocenters. The molecule has 10 nitrogen and oxygen atoms in total. The Morgan fingerprint density at radius 3 is 2.30 bits per heavy atom. The summed E-state index contributed by atoms with van der Waals surface area (Å²) in [5, 5.41) is 3.08. The van der Waals surface area contributed by atoms with E-state index in [0.29, 0.717) is 47.2 Å². The lowest BCUT2D eigenvalue weighted by Crippen LogP contribution is -2.39. The number of likely N-dealkylation sites (tertiary alicyclic amines) is 1. The summed E-state index contributed by atoms with van der Waals surface area (Å²) in [7, 11) is -0.805. The van der Waals surface area contributed by atoms with Crippen LogP contribution in [-0.2, 0) is 10.0 Å². The molecule has 1 aliphatic rings. The lowest BCUT2D eigenvalue weighted by atomic mass is 9.88. The molecule has 2 aromatic heterocycles. The highest BCUT2D eigenvalue weighted by Crippen LogP contribution is 2.42. The van der Waals surface area contributed by atoms with E-state index in [1.165, 1.54) is 68.9 Å². The minimum Gasteiger partial charge on any atom is -0.455 e. The fraction of sp³-hybridized carbons (Fsp3) is 0.242. The predicted molar refractivity (Wildman–Crippen MR) is 168 cm³/mol. The van der Waals surface area contributed by atoms with Crippen LogP contribution >= 0.6 is 0 Å². The van der Waals surface area contributed by atoms with Gasteiger partial charge in [0.1, 0.15) is 29.2 Å². The SMILES string of the molecule is CNC(=O)c1c(-c2ccc(F)cc2)oc2cc(N(C)S(C)(=O)=O)c(C3CCCN(C(=O)c4coc(-c5ccc(F)cc5)n4)C3)cc12. The number of anilines is 1. The molecular formula is C33H30F2N4O6S. The highest BCUT2D eigenvalue weighted by atomic mass is 32.2. The molecule has 1 unspecified atom stereocenters. The molecule has 3 aromatic carbocycles. The van der Waals surface area contributed by atoms with Gasteiger partial charge < -0.3 is 19.1 Å². The van der Waals surface area contributed by atoms with E-state index in [1.807, 2.05) is 0 Å². The normalized spacial score (nSPS) is 15.2. The van der Waals surface area contributed by atoms with E-state index in [9.17, 15) is 26.8 Å². The van der Waals surface area contributed by atoms with Crippen LogP contribution in [0.15, 0.2) is 75.8 Å². The summed E-state index contributed by atoms with van der Waals surface area (Å²) in [6.45, 7) is 0.684. The number of sulfonamides is 1. The first kappa shape index (κ1) is 31.0. The molecule has 238 valence electrons. The third kappa shape index (κ3) is 5.85. The van der Waals surface area contributed by atoms with Gasteiger partial charge in [-0.25, -0.2) is 22.2 Å². The number of carbonyl (C=O) groups is 2. The molecule has 0 radical (unpaired) electrons. The van der Waals surface area contributed by atoms with Gasteiger partial charge in [0.2, 0.25) is 15.9 Å². The van der Waals surface area contributed by atoms with Crippen molar-refractivity contribution >= 4 is 38.5 Å². The number of carbonyl (C=O) groups excluding carboxylic acids is 2. The fourth-order valence-electron chi connectivity index (χ4n) is 5.76. The first-order valence-corrected chi connectivity index (χ1v) is 16.3. The number of hydrogen-bond acceptors (Lipinski definition) is 7. The summed E-state index contributed by atoms with van der Waals surface area (Å²) in [5.41, 5.74) is 2.53. The molecule has 3 heterocycles. The lowest BCUT2D eigenvalue weighted by Gasteiger charge is -2.34. The molecule has 1 saturated heterocycles. The number of fused-ring (bicyclic) bond motifs is 1. The van der Waals surface area contributed by atoms with Crippen molar-refractivity contribution in [3.8, 4) is 22.8 Å². The highest BCUT2D eigenvalue weighted by Gasteiger charge is 2.32. The van der Waals surface area contributed by atoms with Gasteiger partial charge in [-0.15, -0.1) is 0 Å². The second-order valence-electron chi connectivity index (χ2n) is 11.2. The van der Waals surface area contributed by atoms with Crippen molar-refractivity contribution in [2.75, 3.05) is 37.7 Å². The van der Waals surface area contributed by atoms with Gasteiger partial charge in [-0.3, -0.25) is 13.9 Å². The van der Waals surface area contributed by atoms with E-state index in [-0.39, 0.29) is 46.9 Å². The monoisotopic (exact) mass is 648 g/mol. The highest BCUT2D eigenvalue weighted by molar-refractivity contribution is 7.92. The van der Waals surface area contributed by atoms with Crippen molar-refractivity contribution < 1.29 is 35.6 Å². The molecule has 0 aliphatic carbocycles. The Hall–Kier alpha value is -5.04. The summed E-state index contributed by atoms with van der Waals surface area (Å²) >= 11 is 0. The van der Waals surface area contributed by atoms with Gasteiger partial charge in [0.15, 0.2) is 5.69 Å². The largest absolute Gasteiger partial charge is 0.455 e. The van der Waals surface area contributed by atoms with E-state index in [1.54, 1.807) is 17.0 Å². The first-order chi connectivity index (χ1) is 21.9. The van der Waals surface area contributed by atoms with Gasteiger partial charge >= 0.3 is 0 Å². The minimum absolute atomic E-state index is 0.0876. The third-order valence-corrected chi connectivity index (χ3v) is 9.39. The van der Waals surface area contributed by atoms with Crippen LogP contribution in [0.25, 0.3) is 33.7 Å². The Labute approximate surface area is 263 Å². The van der Waals surface area contributed by atoms with Crippen LogP contribution in [0.4, 0.5) is 14.5 Å². The summed E-state index contributed by atoms with van der Waals surface area (Å²) in [5.74, 6) is -1.58. The van der Waals surface area contributed by atoms with Crippen LogP contribution in [-0.4, -0.2) is 63.6 Å². The van der Waals surface area contributed by atoms with Crippen molar-refractivity contribution in [3.63, 3.8) is 0 Å². The molecule has 6 rings (SSSR count). The molecule has 0 spiro atoms. The van der Waals surface area contributed by atoms with Crippen molar-refractivity contribution in [2.45, 2.75) is 18.8 Å². The number of piperidine rings is 1. The second kappa shape index (κ2) is 12.0. The van der Waals surface area contributed by atoms with Crippen molar-refractivity contribution in [2.24, 2.45) is 0 Å². The fourth-order valence-corrected chi connectivity index (χ4v) is 6.27. The summed E-state index contributed by atoms with van der Waals surface area (Å²) in [4.78, 5) is 32.7. The number of hydrogen-bond donors (Lipinski definition) is 1. The maximum Gasteiger partial charge on any atom is 0.275 e. The molecule has 46 heavy (non-hydrogen) atoms. The zero-order chi connectivity index (χ0) is 32.7. The zero-order valence-corrected chi connectivity index (χ0v) is 26.0. The van der Waals surface area contributed by atoms with E-state index >= 15 is 0 Å². The molecule has 1 fully saturated rings. The van der Waals surface area contributed by atoms with Crippen LogP contribution in [0.2, 0.25) is 0 Å². The molecule has 1 aliphatic heterocycles. The Morgan fingerprint density at radius 2 is 1.67 bits per heavy atom. The number of rotatable bonds is 7. The maximum atomic E-state index is 13.7. The molecule has 0 saturated carbocycles.